The van der Waals surface area contributed by atoms with Gasteiger partial charge in [0.15, 0.2) is 0 Å². The number of aryl methyl sites for hydroxylation is 2. The van der Waals surface area contributed by atoms with E-state index in [2.05, 4.69) is 6.07 Å². The van der Waals surface area contributed by atoms with Crippen LogP contribution in [-0.4, -0.2) is 60.5 Å². The Bertz CT molecular complexity index is 1120. The second-order valence-corrected chi connectivity index (χ2v) is 11.1. The summed E-state index contributed by atoms with van der Waals surface area (Å²) in [4.78, 5) is 19.3. The summed E-state index contributed by atoms with van der Waals surface area (Å²) in [6.07, 6.45) is 10.6. The number of pyridine rings is 1. The molecule has 2 unspecified atom stereocenters. The number of rotatable bonds is 11. The highest BCUT2D eigenvalue weighted by Crippen LogP contribution is 2.37. The van der Waals surface area contributed by atoms with Crippen molar-refractivity contribution in [2.45, 2.75) is 88.9 Å². The fourth-order valence-electron chi connectivity index (χ4n) is 6.36. The normalized spacial score (nSPS) is 22.4. The van der Waals surface area contributed by atoms with Gasteiger partial charge in [0.25, 0.3) is 0 Å². The summed E-state index contributed by atoms with van der Waals surface area (Å²) < 4.78 is 32.0. The van der Waals surface area contributed by atoms with Gasteiger partial charge in [-0.3, -0.25) is 14.7 Å². The molecule has 1 aromatic carbocycles. The van der Waals surface area contributed by atoms with Crippen molar-refractivity contribution in [3.8, 4) is 5.75 Å². The number of benzene rings is 1. The molecule has 1 N–H and O–H groups in total. The van der Waals surface area contributed by atoms with Gasteiger partial charge >= 0.3 is 5.97 Å². The molecule has 3 heterocycles. The van der Waals surface area contributed by atoms with Crippen LogP contribution >= 0.6 is 0 Å². The molecule has 1 aromatic heterocycles. The number of hydrogen-bond donors (Lipinski definition) is 1. The van der Waals surface area contributed by atoms with Gasteiger partial charge in [0.05, 0.1) is 19.3 Å². The molecule has 0 saturated carbocycles. The van der Waals surface area contributed by atoms with Crippen molar-refractivity contribution in [1.82, 2.24) is 9.88 Å². The summed E-state index contributed by atoms with van der Waals surface area (Å²) in [5, 5.41) is 10.2. The lowest BCUT2D eigenvalue weighted by Crippen LogP contribution is -2.34. The minimum atomic E-state index is -0.966. The molecule has 0 amide bonds. The van der Waals surface area contributed by atoms with E-state index in [4.69, 9.17) is 19.2 Å². The maximum Gasteiger partial charge on any atom is 0.325 e. The smallest absolute Gasteiger partial charge is 0.325 e. The van der Waals surface area contributed by atoms with Crippen LogP contribution in [0.25, 0.3) is 0 Å². The zero-order valence-corrected chi connectivity index (χ0v) is 23.0. The Morgan fingerprint density at radius 1 is 1.18 bits per heavy atom. The summed E-state index contributed by atoms with van der Waals surface area (Å²) >= 11 is 0. The highest BCUT2D eigenvalue weighted by Gasteiger charge is 2.36. The highest BCUT2D eigenvalue weighted by atomic mass is 19.1. The van der Waals surface area contributed by atoms with Crippen LogP contribution in [0.2, 0.25) is 0 Å². The fourth-order valence-corrected chi connectivity index (χ4v) is 6.36. The van der Waals surface area contributed by atoms with Crippen LogP contribution in [0, 0.1) is 5.82 Å². The van der Waals surface area contributed by atoms with Crippen LogP contribution < -0.4 is 4.74 Å². The van der Waals surface area contributed by atoms with E-state index < -0.39 is 17.8 Å². The first kappa shape index (κ1) is 28.0. The number of likely N-dealkylation sites (tertiary alicyclic amines) is 1. The van der Waals surface area contributed by atoms with E-state index >= 15 is 0 Å². The lowest BCUT2D eigenvalue weighted by molar-refractivity contribution is -0.143. The summed E-state index contributed by atoms with van der Waals surface area (Å²) in [7, 11) is 1.74. The third-order valence-electron chi connectivity index (χ3n) is 8.36. The molecule has 5 rings (SSSR count). The molecule has 2 saturated heterocycles. The Morgan fingerprint density at radius 3 is 2.85 bits per heavy atom. The van der Waals surface area contributed by atoms with E-state index in [1.807, 2.05) is 4.90 Å². The number of halogens is 1. The molecule has 2 fully saturated rings. The van der Waals surface area contributed by atoms with Gasteiger partial charge < -0.3 is 19.3 Å². The molecule has 0 spiro atoms. The van der Waals surface area contributed by atoms with Crippen molar-refractivity contribution >= 4 is 5.97 Å². The van der Waals surface area contributed by atoms with Crippen LogP contribution in [-0.2, 0) is 33.5 Å². The molecular formula is C31H41FN2O5. The number of carboxylic acids is 1. The molecule has 39 heavy (non-hydrogen) atoms. The molecule has 7 nitrogen and oxygen atoms in total. The second-order valence-electron chi connectivity index (χ2n) is 11.1. The predicted molar refractivity (Wildman–Crippen MR) is 146 cm³/mol. The topological polar surface area (TPSA) is 81.1 Å². The number of carbonyl (C=O) groups is 1. The van der Waals surface area contributed by atoms with E-state index in [-0.39, 0.29) is 12.2 Å². The highest BCUT2D eigenvalue weighted by molar-refractivity contribution is 5.76. The number of nitrogens with zero attached hydrogens (tertiary/aromatic N) is 2. The van der Waals surface area contributed by atoms with Crippen LogP contribution in [0.3, 0.4) is 0 Å². The number of aliphatic carboxylic acids is 1. The largest absolute Gasteiger partial charge is 0.496 e. The molecule has 3 atom stereocenters. The van der Waals surface area contributed by atoms with E-state index in [0.29, 0.717) is 31.9 Å². The molecule has 2 aromatic rings. The van der Waals surface area contributed by atoms with Gasteiger partial charge in [-0.2, -0.15) is 0 Å². The molecule has 8 heteroatoms. The maximum absolute atomic E-state index is 14.3. The standard InChI is InChI=1S/C31H41FN2O5/c1-37-29-19-22(33-27-10-3-2-9-25(27)29)8-4-6-16-38-23-14-15-34(20-23)30(31(35)36)26-18-21(32)12-13-24(26)28-11-5-7-17-39-28/h12-13,18-19,23,28,30H,2-11,14-17,20H2,1H3,(H,35,36)/t23-,28?,30?/m1/s1. The minimum Gasteiger partial charge on any atom is -0.496 e. The zero-order valence-electron chi connectivity index (χ0n) is 23.0. The average Bonchev–Trinajstić information content (AvgIpc) is 3.41. The first-order valence-electron chi connectivity index (χ1n) is 14.6. The van der Waals surface area contributed by atoms with Crippen molar-refractivity contribution in [2.75, 3.05) is 33.4 Å². The lowest BCUT2D eigenvalue weighted by atomic mass is 9.92. The first-order chi connectivity index (χ1) is 19.0. The summed E-state index contributed by atoms with van der Waals surface area (Å²) in [6.45, 7) is 2.39. The quantitative estimate of drug-likeness (QED) is 0.372. The van der Waals surface area contributed by atoms with Crippen molar-refractivity contribution in [1.29, 1.82) is 0 Å². The van der Waals surface area contributed by atoms with Gasteiger partial charge in [-0.1, -0.05) is 6.07 Å². The van der Waals surface area contributed by atoms with Crippen molar-refractivity contribution in [3.05, 3.63) is 58.2 Å². The van der Waals surface area contributed by atoms with Crippen LogP contribution in [0.5, 0.6) is 5.75 Å². The SMILES string of the molecule is COc1cc(CCCCO[C@@H]2CCN(C(C(=O)O)c3cc(F)ccc3C3CCCCO3)C2)nc2c1CCCC2. The molecule has 3 aliphatic rings. The Hall–Kier alpha value is -2.55. The van der Waals surface area contributed by atoms with Crippen molar-refractivity contribution in [3.63, 3.8) is 0 Å². The van der Waals surface area contributed by atoms with E-state index in [1.165, 1.54) is 36.2 Å². The monoisotopic (exact) mass is 540 g/mol. The van der Waals surface area contributed by atoms with Crippen LogP contribution in [0.4, 0.5) is 4.39 Å². The molecule has 0 bridgehead atoms. The van der Waals surface area contributed by atoms with Gasteiger partial charge in [0, 0.05) is 49.3 Å². The molecule has 1 aliphatic carbocycles. The molecular weight excluding hydrogens is 499 g/mol. The van der Waals surface area contributed by atoms with Gasteiger partial charge in [-0.15, -0.1) is 0 Å². The Balaban J connectivity index is 1.14. The number of unbranched alkanes of at least 4 members (excludes halogenated alkanes) is 1. The van der Waals surface area contributed by atoms with E-state index in [9.17, 15) is 14.3 Å². The lowest BCUT2D eigenvalue weighted by Gasteiger charge is -2.30. The zero-order chi connectivity index (χ0) is 27.2. The van der Waals surface area contributed by atoms with E-state index in [1.54, 1.807) is 13.2 Å². The minimum absolute atomic E-state index is 0.0308. The number of methoxy groups -OCH3 is 1. The third-order valence-corrected chi connectivity index (χ3v) is 8.36. The van der Waals surface area contributed by atoms with Crippen molar-refractivity contribution in [2.24, 2.45) is 0 Å². The third kappa shape index (κ3) is 6.79. The molecule has 2 aliphatic heterocycles. The van der Waals surface area contributed by atoms with Crippen LogP contribution in [0.1, 0.15) is 91.6 Å². The molecule has 0 radical (unpaired) electrons. The maximum atomic E-state index is 14.3. The van der Waals surface area contributed by atoms with Gasteiger partial charge in [0.1, 0.15) is 17.6 Å². The number of hydrogen-bond acceptors (Lipinski definition) is 6. The van der Waals surface area contributed by atoms with E-state index in [0.717, 1.165) is 74.8 Å². The van der Waals surface area contributed by atoms with Gasteiger partial charge in [-0.05, 0) is 93.9 Å². The first-order valence-corrected chi connectivity index (χ1v) is 14.6. The average molecular weight is 541 g/mol. The number of carboxylic acid groups (broad SMARTS) is 1. The summed E-state index contributed by atoms with van der Waals surface area (Å²) in [5.74, 6) is -0.415. The Labute approximate surface area is 230 Å². The van der Waals surface area contributed by atoms with Crippen LogP contribution in [0.15, 0.2) is 24.3 Å². The number of aromatic nitrogens is 1. The Kier molecular flexibility index (Phi) is 9.48. The summed E-state index contributed by atoms with van der Waals surface area (Å²) in [5.41, 5.74) is 4.85. The summed E-state index contributed by atoms with van der Waals surface area (Å²) in [6, 6.07) is 5.66. The molecule has 212 valence electrons. The fraction of sp³-hybridized carbons (Fsp3) is 0.613. The van der Waals surface area contributed by atoms with Crippen molar-refractivity contribution < 1.29 is 28.5 Å². The number of ether oxygens (including phenoxy) is 3. The Morgan fingerprint density at radius 2 is 2.05 bits per heavy atom. The second kappa shape index (κ2) is 13.2. The predicted octanol–water partition coefficient (Wildman–Crippen LogP) is 5.59. The number of fused-ring (bicyclic) bond motifs is 1. The van der Waals surface area contributed by atoms with Gasteiger partial charge in [-0.25, -0.2) is 4.39 Å². The van der Waals surface area contributed by atoms with Gasteiger partial charge in [0.2, 0.25) is 0 Å².